The normalized spacial score (nSPS) is 12.8. The second-order valence-electron chi connectivity index (χ2n) is 10.2. The Hall–Kier alpha value is -3.88. The van der Waals surface area contributed by atoms with Crippen molar-refractivity contribution in [3.05, 3.63) is 124 Å². The lowest BCUT2D eigenvalue weighted by Gasteiger charge is -2.25. The number of carbonyl (C=O) groups is 1. The standard InChI is InChI=1S/C32H36F2N4O2/c1-4-23-6-5-7-25(13-23)18-36-19-31(39)30(16-26-14-27(33)17-28(34)15-26)37-32(40)29-12-21(2)38(22(29)3)20-24-8-10-35-11-9-24/h5-15,17,30-31,36,39H,4,16,18-20H2,1-3H3,(H,37,40)/t30-,31+/m0/s1. The first kappa shape index (κ1) is 29.1. The number of carbonyl (C=O) groups excluding carboxylic acids is 1. The van der Waals surface area contributed by atoms with Crippen molar-refractivity contribution >= 4 is 5.91 Å². The van der Waals surface area contributed by atoms with E-state index in [-0.39, 0.29) is 18.9 Å². The quantitative estimate of drug-likeness (QED) is 0.237. The Balaban J connectivity index is 1.50. The summed E-state index contributed by atoms with van der Waals surface area (Å²) in [4.78, 5) is 17.5. The third-order valence-electron chi connectivity index (χ3n) is 7.15. The van der Waals surface area contributed by atoms with Crippen LogP contribution in [0.5, 0.6) is 0 Å². The molecular weight excluding hydrogens is 510 g/mol. The molecule has 0 aliphatic carbocycles. The minimum absolute atomic E-state index is 0.0599. The molecule has 0 radical (unpaired) electrons. The lowest BCUT2D eigenvalue weighted by atomic mass is 10.00. The zero-order valence-corrected chi connectivity index (χ0v) is 23.1. The maximum atomic E-state index is 13.9. The molecular formula is C32H36F2N4O2. The number of benzene rings is 2. The summed E-state index contributed by atoms with van der Waals surface area (Å²) in [6.45, 7) is 7.21. The maximum absolute atomic E-state index is 13.9. The number of pyridine rings is 1. The summed E-state index contributed by atoms with van der Waals surface area (Å²) < 4.78 is 29.9. The van der Waals surface area contributed by atoms with Gasteiger partial charge >= 0.3 is 0 Å². The van der Waals surface area contributed by atoms with Crippen LogP contribution in [0.4, 0.5) is 8.78 Å². The zero-order chi connectivity index (χ0) is 28.6. The summed E-state index contributed by atoms with van der Waals surface area (Å²) in [6.07, 6.45) is 3.44. The molecule has 0 saturated heterocycles. The smallest absolute Gasteiger partial charge is 0.253 e. The summed E-state index contributed by atoms with van der Waals surface area (Å²) >= 11 is 0. The van der Waals surface area contributed by atoms with E-state index in [1.54, 1.807) is 12.4 Å². The van der Waals surface area contributed by atoms with Gasteiger partial charge in [-0.2, -0.15) is 0 Å². The number of rotatable bonds is 12. The number of nitrogens with one attached hydrogen (secondary N) is 2. The molecule has 0 aliphatic rings. The van der Waals surface area contributed by atoms with Crippen molar-refractivity contribution in [1.29, 1.82) is 0 Å². The van der Waals surface area contributed by atoms with E-state index in [1.807, 2.05) is 48.7 Å². The minimum Gasteiger partial charge on any atom is -0.390 e. The molecule has 0 spiro atoms. The number of nitrogens with zero attached hydrogens (tertiary/aromatic N) is 2. The van der Waals surface area contributed by atoms with Crippen LogP contribution in [-0.2, 0) is 25.9 Å². The third kappa shape index (κ3) is 7.61. The number of hydrogen-bond donors (Lipinski definition) is 3. The van der Waals surface area contributed by atoms with E-state index in [0.717, 1.165) is 35.0 Å². The number of aliphatic hydroxyl groups excluding tert-OH is 1. The van der Waals surface area contributed by atoms with E-state index in [2.05, 4.69) is 34.7 Å². The number of aromatic nitrogens is 2. The lowest BCUT2D eigenvalue weighted by Crippen LogP contribution is -2.48. The second-order valence-corrected chi connectivity index (χ2v) is 10.2. The molecule has 40 heavy (non-hydrogen) atoms. The highest BCUT2D eigenvalue weighted by molar-refractivity contribution is 5.96. The van der Waals surface area contributed by atoms with Gasteiger partial charge in [0.15, 0.2) is 0 Å². The molecule has 0 unspecified atom stereocenters. The Labute approximate surface area is 234 Å². The van der Waals surface area contributed by atoms with Crippen LogP contribution in [-0.4, -0.2) is 39.3 Å². The Kier molecular flexibility index (Phi) is 9.79. The molecule has 6 nitrogen and oxygen atoms in total. The SMILES string of the molecule is CCc1cccc(CNC[C@@H](O)[C@H](Cc2cc(F)cc(F)c2)NC(=O)c2cc(C)n(Cc3ccncc3)c2C)c1. The van der Waals surface area contributed by atoms with E-state index >= 15 is 0 Å². The Morgan fingerprint density at radius 3 is 2.35 bits per heavy atom. The van der Waals surface area contributed by atoms with Crippen LogP contribution in [0, 0.1) is 25.5 Å². The van der Waals surface area contributed by atoms with Gasteiger partial charge in [0, 0.05) is 49.5 Å². The molecule has 2 atom stereocenters. The first-order valence-corrected chi connectivity index (χ1v) is 13.5. The average molecular weight is 547 g/mol. The van der Waals surface area contributed by atoms with Crippen molar-refractivity contribution in [1.82, 2.24) is 20.2 Å². The summed E-state index contributed by atoms with van der Waals surface area (Å²) in [5, 5.41) is 17.3. The number of aliphatic hydroxyl groups is 1. The Morgan fingerprint density at radius 1 is 0.950 bits per heavy atom. The molecule has 8 heteroatoms. The first-order chi connectivity index (χ1) is 19.2. The summed E-state index contributed by atoms with van der Waals surface area (Å²) in [6, 6.07) is 16.3. The molecule has 0 saturated carbocycles. The Bertz CT molecular complexity index is 1420. The summed E-state index contributed by atoms with van der Waals surface area (Å²) in [5.41, 5.74) is 5.89. The largest absolute Gasteiger partial charge is 0.390 e. The minimum atomic E-state index is -1.01. The van der Waals surface area contributed by atoms with Gasteiger partial charge in [-0.3, -0.25) is 9.78 Å². The predicted octanol–water partition coefficient (Wildman–Crippen LogP) is 4.88. The van der Waals surface area contributed by atoms with Crippen molar-refractivity contribution in [2.75, 3.05) is 6.54 Å². The van der Waals surface area contributed by atoms with Crippen LogP contribution in [0.15, 0.2) is 73.1 Å². The number of halogens is 2. The fourth-order valence-corrected chi connectivity index (χ4v) is 4.92. The van der Waals surface area contributed by atoms with Gasteiger partial charge < -0.3 is 20.3 Å². The monoisotopic (exact) mass is 546 g/mol. The van der Waals surface area contributed by atoms with E-state index in [4.69, 9.17) is 0 Å². The van der Waals surface area contributed by atoms with E-state index in [0.29, 0.717) is 24.2 Å². The zero-order valence-electron chi connectivity index (χ0n) is 23.1. The van der Waals surface area contributed by atoms with E-state index in [1.165, 1.54) is 17.7 Å². The van der Waals surface area contributed by atoms with Crippen LogP contribution in [0.3, 0.4) is 0 Å². The lowest BCUT2D eigenvalue weighted by molar-refractivity contribution is 0.0829. The second kappa shape index (κ2) is 13.5. The van der Waals surface area contributed by atoms with Crippen molar-refractivity contribution < 1.29 is 18.7 Å². The van der Waals surface area contributed by atoms with Gasteiger partial charge in [-0.1, -0.05) is 31.2 Å². The highest BCUT2D eigenvalue weighted by Gasteiger charge is 2.25. The van der Waals surface area contributed by atoms with Crippen molar-refractivity contribution in [2.45, 2.75) is 58.8 Å². The fourth-order valence-electron chi connectivity index (χ4n) is 4.92. The molecule has 4 rings (SSSR count). The van der Waals surface area contributed by atoms with Crippen LogP contribution in [0.2, 0.25) is 0 Å². The van der Waals surface area contributed by atoms with Gasteiger partial charge in [-0.15, -0.1) is 0 Å². The molecule has 4 aromatic rings. The molecule has 2 heterocycles. The van der Waals surface area contributed by atoms with Crippen LogP contribution < -0.4 is 10.6 Å². The van der Waals surface area contributed by atoms with Gasteiger partial charge in [0.2, 0.25) is 0 Å². The van der Waals surface area contributed by atoms with Gasteiger partial charge in [0.1, 0.15) is 11.6 Å². The molecule has 0 bridgehead atoms. The first-order valence-electron chi connectivity index (χ1n) is 13.5. The van der Waals surface area contributed by atoms with Gasteiger partial charge in [0.25, 0.3) is 5.91 Å². The Morgan fingerprint density at radius 2 is 1.65 bits per heavy atom. The van der Waals surface area contributed by atoms with Crippen LogP contribution >= 0.6 is 0 Å². The molecule has 2 aromatic carbocycles. The molecule has 1 amide bonds. The summed E-state index contributed by atoms with van der Waals surface area (Å²) in [5.74, 6) is -1.77. The number of hydrogen-bond acceptors (Lipinski definition) is 4. The van der Waals surface area contributed by atoms with E-state index in [9.17, 15) is 18.7 Å². The van der Waals surface area contributed by atoms with Gasteiger partial charge in [-0.25, -0.2) is 8.78 Å². The average Bonchev–Trinajstić information content (AvgIpc) is 3.21. The van der Waals surface area contributed by atoms with Crippen molar-refractivity contribution in [3.8, 4) is 0 Å². The number of amides is 1. The number of aryl methyl sites for hydroxylation is 2. The van der Waals surface area contributed by atoms with Crippen LogP contribution in [0.25, 0.3) is 0 Å². The highest BCUT2D eigenvalue weighted by Crippen LogP contribution is 2.19. The third-order valence-corrected chi connectivity index (χ3v) is 7.15. The summed E-state index contributed by atoms with van der Waals surface area (Å²) in [7, 11) is 0. The molecule has 0 fully saturated rings. The molecule has 210 valence electrons. The maximum Gasteiger partial charge on any atom is 0.253 e. The molecule has 3 N–H and O–H groups in total. The highest BCUT2D eigenvalue weighted by atomic mass is 19.1. The van der Waals surface area contributed by atoms with Gasteiger partial charge in [-0.05, 0) is 79.3 Å². The predicted molar refractivity (Wildman–Crippen MR) is 152 cm³/mol. The van der Waals surface area contributed by atoms with Gasteiger partial charge in [0.05, 0.1) is 17.7 Å². The van der Waals surface area contributed by atoms with Crippen molar-refractivity contribution in [2.24, 2.45) is 0 Å². The van der Waals surface area contributed by atoms with Crippen LogP contribution in [0.1, 0.15) is 50.9 Å². The molecule has 0 aliphatic heterocycles. The molecule has 2 aromatic heterocycles. The van der Waals surface area contributed by atoms with Crippen molar-refractivity contribution in [3.63, 3.8) is 0 Å². The fraction of sp³-hybridized carbons (Fsp3) is 0.312. The topological polar surface area (TPSA) is 79.2 Å². The van der Waals surface area contributed by atoms with E-state index < -0.39 is 23.8 Å².